The smallest absolute Gasteiger partial charge is 0.274 e. The minimum atomic E-state index is -0.149. The van der Waals surface area contributed by atoms with Crippen molar-refractivity contribution < 1.29 is 4.79 Å². The highest BCUT2D eigenvalue weighted by molar-refractivity contribution is 5.84. The maximum Gasteiger partial charge on any atom is 0.274 e. The number of nitrogens with zero attached hydrogens (tertiary/aromatic N) is 3. The normalized spacial score (nSPS) is 11.1. The highest BCUT2D eigenvalue weighted by atomic mass is 16.2. The summed E-state index contributed by atoms with van der Waals surface area (Å²) in [5, 5.41) is 8.89. The summed E-state index contributed by atoms with van der Waals surface area (Å²) >= 11 is 0. The van der Waals surface area contributed by atoms with Gasteiger partial charge in [-0.15, -0.1) is 0 Å². The average Bonchev–Trinajstić information content (AvgIpc) is 2.71. The largest absolute Gasteiger partial charge is 0.350 e. The number of fused-ring (bicyclic) bond motifs is 1. The van der Waals surface area contributed by atoms with Gasteiger partial charge in [-0.3, -0.25) is 14.6 Å². The van der Waals surface area contributed by atoms with Crippen molar-refractivity contribution in [3.63, 3.8) is 0 Å². The minimum absolute atomic E-state index is 0.00226. The first kappa shape index (κ1) is 18.8. The maximum atomic E-state index is 12.8. The van der Waals surface area contributed by atoms with Crippen molar-refractivity contribution in [2.24, 2.45) is 5.92 Å². The van der Waals surface area contributed by atoms with Gasteiger partial charge >= 0.3 is 0 Å². The summed E-state index contributed by atoms with van der Waals surface area (Å²) in [5.74, 6) is 0.0217. The van der Waals surface area contributed by atoms with Gasteiger partial charge in [0.15, 0.2) is 0 Å². The molecule has 1 amide bonds. The number of aromatic nitrogens is 3. The summed E-state index contributed by atoms with van der Waals surface area (Å²) < 4.78 is 1.44. The summed E-state index contributed by atoms with van der Waals surface area (Å²) in [6, 6.07) is 11.1. The Morgan fingerprint density at radius 2 is 1.85 bits per heavy atom. The number of hydrogen-bond acceptors (Lipinski definition) is 4. The second kappa shape index (κ2) is 8.58. The van der Waals surface area contributed by atoms with Crippen LogP contribution in [0, 0.1) is 5.92 Å². The lowest BCUT2D eigenvalue weighted by Gasteiger charge is -2.14. The fraction of sp³-hybridized carbons (Fsp3) is 0.333. The molecule has 6 heteroatoms. The van der Waals surface area contributed by atoms with Gasteiger partial charge in [0.2, 0.25) is 5.91 Å². The standard InChI is InChI=1S/C21H24N4O2/c1-3-16(4-2)20(26)23-13-19-17-9-5-6-10-18(17)21(27)25(24-19)14-15-8-7-11-22-12-15/h5-12,16H,3-4,13-14H2,1-2H3,(H,23,26). The lowest BCUT2D eigenvalue weighted by molar-refractivity contribution is -0.125. The fourth-order valence-corrected chi connectivity index (χ4v) is 3.18. The van der Waals surface area contributed by atoms with Crippen molar-refractivity contribution in [2.75, 3.05) is 0 Å². The molecule has 3 aromatic rings. The molecule has 0 fully saturated rings. The molecule has 140 valence electrons. The first-order valence-corrected chi connectivity index (χ1v) is 9.29. The molecule has 0 bridgehead atoms. The van der Waals surface area contributed by atoms with Crippen molar-refractivity contribution in [2.45, 2.75) is 39.8 Å². The first-order chi connectivity index (χ1) is 13.1. The van der Waals surface area contributed by atoms with Gasteiger partial charge in [0.1, 0.15) is 0 Å². The predicted octanol–water partition coefficient (Wildman–Crippen LogP) is 2.89. The Bertz CT molecular complexity index is 978. The molecule has 2 aromatic heterocycles. The van der Waals surface area contributed by atoms with Crippen LogP contribution in [-0.2, 0) is 17.9 Å². The number of amides is 1. The van der Waals surface area contributed by atoms with E-state index in [-0.39, 0.29) is 17.4 Å². The molecule has 0 radical (unpaired) electrons. The zero-order valence-corrected chi connectivity index (χ0v) is 15.7. The van der Waals surface area contributed by atoms with Gasteiger partial charge in [-0.2, -0.15) is 5.10 Å². The van der Waals surface area contributed by atoms with E-state index in [1.165, 1.54) is 4.68 Å². The summed E-state index contributed by atoms with van der Waals surface area (Å²) in [4.78, 5) is 29.3. The molecule has 1 aromatic carbocycles. The molecule has 2 heterocycles. The molecular weight excluding hydrogens is 340 g/mol. The molecule has 27 heavy (non-hydrogen) atoms. The van der Waals surface area contributed by atoms with Crippen LogP contribution in [0.4, 0.5) is 0 Å². The van der Waals surface area contributed by atoms with Crippen molar-refractivity contribution in [1.29, 1.82) is 0 Å². The average molecular weight is 364 g/mol. The Morgan fingerprint density at radius 1 is 1.11 bits per heavy atom. The van der Waals surface area contributed by atoms with E-state index in [9.17, 15) is 9.59 Å². The monoisotopic (exact) mass is 364 g/mol. The zero-order chi connectivity index (χ0) is 19.2. The number of carbonyl (C=O) groups is 1. The van der Waals surface area contributed by atoms with Crippen LogP contribution >= 0.6 is 0 Å². The number of nitrogens with one attached hydrogen (secondary N) is 1. The first-order valence-electron chi connectivity index (χ1n) is 9.29. The third kappa shape index (κ3) is 4.22. The highest BCUT2D eigenvalue weighted by Gasteiger charge is 2.16. The lowest BCUT2D eigenvalue weighted by atomic mass is 10.0. The Balaban J connectivity index is 1.95. The molecule has 3 rings (SSSR count). The Kier molecular flexibility index (Phi) is 5.96. The van der Waals surface area contributed by atoms with Crippen molar-refractivity contribution >= 4 is 16.7 Å². The van der Waals surface area contributed by atoms with Crippen LogP contribution in [0.3, 0.4) is 0 Å². The van der Waals surface area contributed by atoms with Crippen molar-refractivity contribution in [1.82, 2.24) is 20.1 Å². The predicted molar refractivity (Wildman–Crippen MR) is 105 cm³/mol. The molecule has 0 atom stereocenters. The van der Waals surface area contributed by atoms with Crippen molar-refractivity contribution in [3.05, 3.63) is 70.4 Å². The molecular formula is C21H24N4O2. The van der Waals surface area contributed by atoms with Gasteiger partial charge in [-0.1, -0.05) is 38.1 Å². The Morgan fingerprint density at radius 3 is 2.52 bits per heavy atom. The molecule has 0 saturated heterocycles. The van der Waals surface area contributed by atoms with Crippen LogP contribution in [0.15, 0.2) is 53.6 Å². The number of carbonyl (C=O) groups excluding carboxylic acids is 1. The quantitative estimate of drug-likeness (QED) is 0.699. The highest BCUT2D eigenvalue weighted by Crippen LogP contribution is 2.14. The summed E-state index contributed by atoms with van der Waals surface area (Å²) in [5.41, 5.74) is 1.44. The van der Waals surface area contributed by atoms with E-state index in [1.54, 1.807) is 18.5 Å². The minimum Gasteiger partial charge on any atom is -0.350 e. The molecule has 0 aliphatic rings. The molecule has 1 N–H and O–H groups in total. The van der Waals surface area contributed by atoms with E-state index in [2.05, 4.69) is 15.4 Å². The number of benzene rings is 1. The summed E-state index contributed by atoms with van der Waals surface area (Å²) in [6.45, 7) is 4.65. The van der Waals surface area contributed by atoms with E-state index in [4.69, 9.17) is 0 Å². The van der Waals surface area contributed by atoms with Crippen LogP contribution in [0.5, 0.6) is 0 Å². The van der Waals surface area contributed by atoms with Gasteiger partial charge < -0.3 is 5.32 Å². The van der Waals surface area contributed by atoms with Gasteiger partial charge in [-0.25, -0.2) is 4.68 Å². The van der Waals surface area contributed by atoms with Crippen LogP contribution in [0.2, 0.25) is 0 Å². The van der Waals surface area contributed by atoms with E-state index < -0.39 is 0 Å². The topological polar surface area (TPSA) is 76.9 Å². The Labute approximate surface area is 158 Å². The molecule has 0 spiro atoms. The molecule has 0 aliphatic heterocycles. The van der Waals surface area contributed by atoms with Gasteiger partial charge in [0.25, 0.3) is 5.56 Å². The second-order valence-corrected chi connectivity index (χ2v) is 6.55. The third-order valence-corrected chi connectivity index (χ3v) is 4.79. The van der Waals surface area contributed by atoms with Crippen LogP contribution in [0.1, 0.15) is 37.9 Å². The molecule has 0 aliphatic carbocycles. The molecule has 0 saturated carbocycles. The molecule has 0 unspecified atom stereocenters. The fourth-order valence-electron chi connectivity index (χ4n) is 3.18. The maximum absolute atomic E-state index is 12.8. The lowest BCUT2D eigenvalue weighted by Crippen LogP contribution is -2.32. The zero-order valence-electron chi connectivity index (χ0n) is 15.7. The van der Waals surface area contributed by atoms with Gasteiger partial charge in [-0.05, 0) is 30.5 Å². The van der Waals surface area contributed by atoms with E-state index in [0.29, 0.717) is 24.2 Å². The molecule has 6 nitrogen and oxygen atoms in total. The van der Waals surface area contributed by atoms with Crippen LogP contribution in [0.25, 0.3) is 10.8 Å². The number of pyridine rings is 1. The van der Waals surface area contributed by atoms with Crippen LogP contribution in [-0.4, -0.2) is 20.7 Å². The van der Waals surface area contributed by atoms with E-state index in [0.717, 1.165) is 23.8 Å². The Hall–Kier alpha value is -3.02. The summed E-state index contributed by atoms with van der Waals surface area (Å²) in [7, 11) is 0. The van der Waals surface area contributed by atoms with E-state index >= 15 is 0 Å². The number of rotatable bonds is 7. The number of hydrogen-bond donors (Lipinski definition) is 1. The third-order valence-electron chi connectivity index (χ3n) is 4.79. The van der Waals surface area contributed by atoms with Gasteiger partial charge in [0.05, 0.1) is 24.2 Å². The SMILES string of the molecule is CCC(CC)C(=O)NCc1nn(Cc2cccnc2)c(=O)c2ccccc12. The van der Waals surface area contributed by atoms with E-state index in [1.807, 2.05) is 44.2 Å². The van der Waals surface area contributed by atoms with Crippen molar-refractivity contribution in [3.8, 4) is 0 Å². The van der Waals surface area contributed by atoms with Crippen LogP contribution < -0.4 is 10.9 Å². The summed E-state index contributed by atoms with van der Waals surface area (Å²) in [6.07, 6.45) is 5.02. The van der Waals surface area contributed by atoms with Gasteiger partial charge in [0, 0.05) is 23.7 Å². The second-order valence-electron chi connectivity index (χ2n) is 6.55.